The van der Waals surface area contributed by atoms with E-state index in [-0.39, 0.29) is 69.5 Å². The SMILES string of the molecule is CC(=O)N(C(=O)/C=C/c1ccccc1)C(Cc1ccc(F)cc1)C(=O)NC(Cc1ccc(N=C(N)N)cc1)C(=O)NC(CC(C)C)C(=O)NC(CCCN=C(N)N)C(=O)NC(CCCN)C(N)=O. The fraction of sp³-hybridized carbons (Fsp3) is 0.383. The molecule has 0 aromatic heterocycles. The van der Waals surface area contributed by atoms with Gasteiger partial charge < -0.3 is 55.7 Å². The maximum absolute atomic E-state index is 14.6. The first kappa shape index (κ1) is 54.7. The van der Waals surface area contributed by atoms with Gasteiger partial charge in [-0.2, -0.15) is 0 Å². The summed E-state index contributed by atoms with van der Waals surface area (Å²) in [7, 11) is 0. The zero-order valence-electron chi connectivity index (χ0n) is 38.5. The zero-order chi connectivity index (χ0) is 50.3. The van der Waals surface area contributed by atoms with Crippen molar-refractivity contribution in [1.29, 1.82) is 0 Å². The van der Waals surface area contributed by atoms with Crippen molar-refractivity contribution >= 4 is 65.0 Å². The van der Waals surface area contributed by atoms with Crippen LogP contribution in [-0.2, 0) is 46.4 Å². The van der Waals surface area contributed by atoms with E-state index in [0.717, 1.165) is 30.0 Å². The summed E-state index contributed by atoms with van der Waals surface area (Å²) in [4.78, 5) is 105. The van der Waals surface area contributed by atoms with Crippen LogP contribution in [0.2, 0.25) is 0 Å². The molecule has 0 aliphatic heterocycles. The number of rotatable bonds is 26. The normalized spacial score (nSPS) is 13.2. The first-order valence-corrected chi connectivity index (χ1v) is 22.0. The van der Waals surface area contributed by atoms with E-state index < -0.39 is 77.4 Å². The van der Waals surface area contributed by atoms with Gasteiger partial charge in [0.15, 0.2) is 11.9 Å². The number of guanidine groups is 2. The van der Waals surface area contributed by atoms with E-state index in [2.05, 4.69) is 31.3 Å². The number of halogens is 1. The number of benzene rings is 3. The zero-order valence-corrected chi connectivity index (χ0v) is 38.5. The van der Waals surface area contributed by atoms with Gasteiger partial charge in [-0.25, -0.2) is 9.38 Å². The highest BCUT2D eigenvalue weighted by Gasteiger charge is 2.36. The lowest BCUT2D eigenvalue weighted by molar-refractivity contribution is -0.148. The second-order valence-corrected chi connectivity index (χ2v) is 16.4. The highest BCUT2D eigenvalue weighted by atomic mass is 19.1. The highest BCUT2D eigenvalue weighted by molar-refractivity contribution is 6.06. The molecule has 7 amide bonds. The second kappa shape index (κ2) is 27.7. The Morgan fingerprint density at radius 3 is 1.78 bits per heavy atom. The molecule has 68 heavy (non-hydrogen) atoms. The van der Waals surface area contributed by atoms with Gasteiger partial charge in [0.1, 0.15) is 36.0 Å². The molecule has 0 heterocycles. The Labute approximate surface area is 395 Å². The first-order valence-electron chi connectivity index (χ1n) is 22.0. The molecule has 0 bridgehead atoms. The summed E-state index contributed by atoms with van der Waals surface area (Å²) in [5.41, 5.74) is 35.1. The molecule has 0 fully saturated rings. The number of carbonyl (C=O) groups excluding carboxylic acids is 7. The van der Waals surface area contributed by atoms with E-state index >= 15 is 0 Å². The Morgan fingerprint density at radius 1 is 0.662 bits per heavy atom. The largest absolute Gasteiger partial charge is 0.370 e. The standard InChI is InChI=1S/C47H64FN13O7/c1-28(2)25-37(43(66)58-36(12-8-24-55-46(51)52)42(65)57-35(41(50)64)11-7-23-49)59-44(67)38(26-31-15-20-34(21-16-31)56-47(53)54)60-45(68)39(27-32-13-18-33(48)19-14-32)61(29(3)62)40(63)22-17-30-9-5-4-6-10-30/h4-6,9-10,13-22,28,35-39H,7-8,11-12,23-27,49H2,1-3H3,(H2,50,64)(H,57,65)(H,58,66)(H,59,67)(H,60,68)(H4,51,52,55)(H4,53,54,56)/b22-17+. The topological polar surface area (TPSA) is 352 Å². The van der Waals surface area contributed by atoms with Crippen LogP contribution in [0.3, 0.4) is 0 Å². The van der Waals surface area contributed by atoms with Crippen molar-refractivity contribution in [2.45, 2.75) is 95.9 Å². The molecular formula is C47H64FN13O7. The molecule has 5 unspecified atom stereocenters. The van der Waals surface area contributed by atoms with E-state index in [9.17, 15) is 38.0 Å². The lowest BCUT2D eigenvalue weighted by Gasteiger charge is -2.30. The third kappa shape index (κ3) is 19.0. The van der Waals surface area contributed by atoms with Gasteiger partial charge in [0.05, 0.1) is 5.69 Å². The summed E-state index contributed by atoms with van der Waals surface area (Å²) in [6, 6.07) is 13.6. The van der Waals surface area contributed by atoms with Gasteiger partial charge in [-0.05, 0) is 91.6 Å². The van der Waals surface area contributed by atoms with E-state index in [1.165, 1.54) is 18.2 Å². The number of aliphatic imine (C=N–C) groups is 2. The summed E-state index contributed by atoms with van der Waals surface area (Å²) >= 11 is 0. The number of imide groups is 1. The predicted molar refractivity (Wildman–Crippen MR) is 257 cm³/mol. The van der Waals surface area contributed by atoms with Crippen LogP contribution in [0, 0.1) is 11.7 Å². The monoisotopic (exact) mass is 942 g/mol. The number of nitrogens with two attached hydrogens (primary N) is 6. The van der Waals surface area contributed by atoms with Gasteiger partial charge in [-0.15, -0.1) is 0 Å². The van der Waals surface area contributed by atoms with Crippen LogP contribution in [-0.4, -0.2) is 101 Å². The van der Waals surface area contributed by atoms with E-state index in [1.54, 1.807) is 68.4 Å². The predicted octanol–water partition coefficient (Wildman–Crippen LogP) is 0.236. The van der Waals surface area contributed by atoms with Crippen molar-refractivity contribution in [3.8, 4) is 0 Å². The molecule has 0 saturated heterocycles. The number of hydrogen-bond donors (Lipinski definition) is 10. The minimum Gasteiger partial charge on any atom is -0.370 e. The minimum atomic E-state index is -1.56. The van der Waals surface area contributed by atoms with E-state index in [4.69, 9.17) is 34.4 Å². The molecule has 16 N–H and O–H groups in total. The van der Waals surface area contributed by atoms with Gasteiger partial charge in [0.25, 0.3) is 5.91 Å². The second-order valence-electron chi connectivity index (χ2n) is 16.4. The molecule has 0 saturated carbocycles. The van der Waals surface area contributed by atoms with Crippen LogP contribution in [0.1, 0.15) is 69.6 Å². The maximum atomic E-state index is 14.6. The van der Waals surface area contributed by atoms with Gasteiger partial charge in [0.2, 0.25) is 35.4 Å². The highest BCUT2D eigenvalue weighted by Crippen LogP contribution is 2.18. The third-order valence-electron chi connectivity index (χ3n) is 10.3. The Morgan fingerprint density at radius 2 is 1.21 bits per heavy atom. The molecule has 21 heteroatoms. The number of nitrogens with zero attached hydrogens (tertiary/aromatic N) is 3. The smallest absolute Gasteiger partial charge is 0.253 e. The summed E-state index contributed by atoms with van der Waals surface area (Å²) in [5, 5.41) is 10.7. The van der Waals surface area contributed by atoms with Crippen LogP contribution in [0.25, 0.3) is 6.08 Å². The molecule has 3 aromatic carbocycles. The molecule has 3 rings (SSSR count). The lowest BCUT2D eigenvalue weighted by atomic mass is 9.99. The van der Waals surface area contributed by atoms with Gasteiger partial charge in [0, 0.05) is 32.4 Å². The Balaban J connectivity index is 2.06. The van der Waals surface area contributed by atoms with Crippen LogP contribution in [0.4, 0.5) is 10.1 Å². The quantitative estimate of drug-likeness (QED) is 0.0224. The first-order chi connectivity index (χ1) is 32.3. The summed E-state index contributed by atoms with van der Waals surface area (Å²) in [6.45, 7) is 5.05. The van der Waals surface area contributed by atoms with Gasteiger partial charge in [-0.3, -0.25) is 43.5 Å². The molecule has 20 nitrogen and oxygen atoms in total. The molecule has 3 aromatic rings. The molecule has 0 aliphatic rings. The van der Waals surface area contributed by atoms with E-state index in [1.807, 2.05) is 0 Å². The molecule has 5 atom stereocenters. The van der Waals surface area contributed by atoms with Crippen LogP contribution < -0.4 is 55.7 Å². The number of amides is 7. The van der Waals surface area contributed by atoms with Crippen LogP contribution in [0.5, 0.6) is 0 Å². The summed E-state index contributed by atoms with van der Waals surface area (Å²) in [6.07, 6.45) is 2.97. The fourth-order valence-corrected chi connectivity index (χ4v) is 6.95. The number of nitrogens with one attached hydrogen (secondary N) is 4. The average molecular weight is 942 g/mol. The van der Waals surface area contributed by atoms with Crippen molar-refractivity contribution in [1.82, 2.24) is 26.2 Å². The van der Waals surface area contributed by atoms with E-state index in [0.29, 0.717) is 28.8 Å². The van der Waals surface area contributed by atoms with Crippen molar-refractivity contribution in [3.63, 3.8) is 0 Å². The van der Waals surface area contributed by atoms with Crippen LogP contribution >= 0.6 is 0 Å². The van der Waals surface area contributed by atoms with Crippen molar-refractivity contribution < 1.29 is 38.0 Å². The number of primary amides is 1. The Hall–Kier alpha value is -7.68. The molecular weight excluding hydrogens is 878 g/mol. The summed E-state index contributed by atoms with van der Waals surface area (Å²) in [5.74, 6) is -6.85. The Kier molecular flexibility index (Phi) is 22.3. The van der Waals surface area contributed by atoms with Gasteiger partial charge >= 0.3 is 0 Å². The molecule has 0 spiro atoms. The van der Waals surface area contributed by atoms with Gasteiger partial charge in [-0.1, -0.05) is 68.4 Å². The molecule has 366 valence electrons. The van der Waals surface area contributed by atoms with Crippen molar-refractivity contribution in [2.24, 2.45) is 50.3 Å². The minimum absolute atomic E-state index is 0.00888. The Bertz CT molecular complexity index is 2270. The molecule has 0 aliphatic carbocycles. The lowest BCUT2D eigenvalue weighted by Crippen LogP contribution is -2.60. The third-order valence-corrected chi connectivity index (χ3v) is 10.3. The summed E-state index contributed by atoms with van der Waals surface area (Å²) < 4.78 is 14.0. The van der Waals surface area contributed by atoms with Crippen LogP contribution in [0.15, 0.2) is 94.9 Å². The average Bonchev–Trinajstić information content (AvgIpc) is 3.28. The maximum Gasteiger partial charge on any atom is 0.253 e. The van der Waals surface area contributed by atoms with Crippen molar-refractivity contribution in [2.75, 3.05) is 13.1 Å². The molecule has 0 radical (unpaired) electrons. The fourth-order valence-electron chi connectivity index (χ4n) is 6.95. The number of hydrogen-bond acceptors (Lipinski definition) is 10. The number of carbonyl (C=O) groups is 7. The van der Waals surface area contributed by atoms with Crippen molar-refractivity contribution in [3.05, 3.63) is 107 Å².